The molecular formula is C17H20N4O4. The minimum absolute atomic E-state index is 0.0152. The van der Waals surface area contributed by atoms with Gasteiger partial charge in [-0.15, -0.1) is 0 Å². The van der Waals surface area contributed by atoms with Crippen LogP contribution in [-0.4, -0.2) is 53.4 Å². The van der Waals surface area contributed by atoms with E-state index >= 15 is 0 Å². The van der Waals surface area contributed by atoms with E-state index in [1.165, 1.54) is 7.11 Å². The number of fused-ring (bicyclic) bond motifs is 1. The third kappa shape index (κ3) is 3.80. The lowest BCUT2D eigenvalue weighted by atomic mass is 10.1. The van der Waals surface area contributed by atoms with Gasteiger partial charge in [0.2, 0.25) is 5.91 Å². The first-order chi connectivity index (χ1) is 12.1. The SMILES string of the molecule is COCC(=O)Nc1ccc2c(c1)CN(C(=O)c1ccnn1C)CCO2. The number of hydrogen-bond donors (Lipinski definition) is 1. The summed E-state index contributed by atoms with van der Waals surface area (Å²) in [5.41, 5.74) is 2.00. The second-order valence-corrected chi connectivity index (χ2v) is 5.72. The standard InChI is InChI=1S/C17H20N4O4/c1-20-14(5-6-18-20)17(23)21-7-8-25-15-4-3-13(9-12(15)10-21)19-16(22)11-24-2/h3-6,9H,7-8,10-11H2,1-2H3,(H,19,22). The van der Waals surface area contributed by atoms with Gasteiger partial charge in [0.15, 0.2) is 0 Å². The zero-order valence-corrected chi connectivity index (χ0v) is 14.2. The number of nitrogens with one attached hydrogen (secondary N) is 1. The third-order valence-corrected chi connectivity index (χ3v) is 3.93. The topological polar surface area (TPSA) is 85.7 Å². The van der Waals surface area contributed by atoms with Gasteiger partial charge in [-0.2, -0.15) is 5.10 Å². The van der Waals surface area contributed by atoms with E-state index in [0.29, 0.717) is 36.8 Å². The smallest absolute Gasteiger partial charge is 0.272 e. The number of anilines is 1. The molecule has 1 aliphatic heterocycles. The average molecular weight is 344 g/mol. The predicted octanol–water partition coefficient (Wildman–Crippen LogP) is 1.04. The molecule has 0 radical (unpaired) electrons. The van der Waals surface area contributed by atoms with Crippen molar-refractivity contribution in [1.82, 2.24) is 14.7 Å². The van der Waals surface area contributed by atoms with E-state index in [9.17, 15) is 9.59 Å². The van der Waals surface area contributed by atoms with Crippen LogP contribution in [0.3, 0.4) is 0 Å². The zero-order valence-electron chi connectivity index (χ0n) is 14.2. The fraction of sp³-hybridized carbons (Fsp3) is 0.353. The van der Waals surface area contributed by atoms with Crippen molar-refractivity contribution in [1.29, 1.82) is 0 Å². The minimum atomic E-state index is -0.236. The number of carbonyl (C=O) groups is 2. The molecule has 0 saturated carbocycles. The summed E-state index contributed by atoms with van der Waals surface area (Å²) in [5, 5.41) is 6.80. The molecule has 2 heterocycles. The number of ether oxygens (including phenoxy) is 2. The first-order valence-corrected chi connectivity index (χ1v) is 7.90. The first-order valence-electron chi connectivity index (χ1n) is 7.90. The van der Waals surface area contributed by atoms with Crippen molar-refractivity contribution in [3.8, 4) is 5.75 Å². The molecule has 8 heteroatoms. The van der Waals surface area contributed by atoms with Crippen molar-refractivity contribution >= 4 is 17.5 Å². The van der Waals surface area contributed by atoms with Crippen LogP contribution in [0.1, 0.15) is 16.1 Å². The Bertz CT molecular complexity index is 787. The molecule has 0 bridgehead atoms. The molecule has 132 valence electrons. The number of methoxy groups -OCH3 is 1. The monoisotopic (exact) mass is 344 g/mol. The number of aryl methyl sites for hydroxylation is 1. The largest absolute Gasteiger partial charge is 0.491 e. The maximum atomic E-state index is 12.7. The van der Waals surface area contributed by atoms with Crippen LogP contribution in [0.15, 0.2) is 30.5 Å². The number of amides is 2. The molecule has 0 spiro atoms. The number of rotatable bonds is 4. The Morgan fingerprint density at radius 2 is 2.20 bits per heavy atom. The molecule has 0 unspecified atom stereocenters. The van der Waals surface area contributed by atoms with Crippen molar-refractivity contribution in [2.75, 3.05) is 32.2 Å². The zero-order chi connectivity index (χ0) is 17.8. The number of hydrogen-bond acceptors (Lipinski definition) is 5. The van der Waals surface area contributed by atoms with Gasteiger partial charge in [0.1, 0.15) is 24.7 Å². The predicted molar refractivity (Wildman–Crippen MR) is 90.4 cm³/mol. The van der Waals surface area contributed by atoms with Crippen LogP contribution in [0.5, 0.6) is 5.75 Å². The van der Waals surface area contributed by atoms with Gasteiger partial charge in [0, 0.05) is 38.1 Å². The molecule has 1 aromatic carbocycles. The summed E-state index contributed by atoms with van der Waals surface area (Å²) >= 11 is 0. The molecule has 25 heavy (non-hydrogen) atoms. The van der Waals surface area contributed by atoms with Gasteiger partial charge in [0.05, 0.1) is 6.54 Å². The lowest BCUT2D eigenvalue weighted by Crippen LogP contribution is -2.33. The van der Waals surface area contributed by atoms with Crippen LogP contribution in [0, 0.1) is 0 Å². The van der Waals surface area contributed by atoms with Crippen LogP contribution in [-0.2, 0) is 23.1 Å². The van der Waals surface area contributed by atoms with Gasteiger partial charge in [-0.3, -0.25) is 14.3 Å². The van der Waals surface area contributed by atoms with Crippen LogP contribution in [0.2, 0.25) is 0 Å². The van der Waals surface area contributed by atoms with Gasteiger partial charge in [0.25, 0.3) is 5.91 Å². The molecule has 1 aromatic heterocycles. The quantitative estimate of drug-likeness (QED) is 0.896. The van der Waals surface area contributed by atoms with Crippen molar-refractivity contribution in [3.05, 3.63) is 41.7 Å². The Morgan fingerprint density at radius 3 is 2.92 bits per heavy atom. The average Bonchev–Trinajstić information content (AvgIpc) is 2.89. The van der Waals surface area contributed by atoms with Gasteiger partial charge in [-0.25, -0.2) is 0 Å². The van der Waals surface area contributed by atoms with E-state index in [1.54, 1.807) is 41.0 Å². The van der Waals surface area contributed by atoms with E-state index in [1.807, 2.05) is 6.07 Å². The van der Waals surface area contributed by atoms with Gasteiger partial charge >= 0.3 is 0 Å². The summed E-state index contributed by atoms with van der Waals surface area (Å²) in [5.74, 6) is 0.370. The van der Waals surface area contributed by atoms with E-state index in [2.05, 4.69) is 10.4 Å². The van der Waals surface area contributed by atoms with Crippen molar-refractivity contribution in [2.45, 2.75) is 6.54 Å². The maximum absolute atomic E-state index is 12.7. The summed E-state index contributed by atoms with van der Waals surface area (Å²) in [6.45, 7) is 1.27. The fourth-order valence-corrected chi connectivity index (χ4v) is 2.72. The van der Waals surface area contributed by atoms with Gasteiger partial charge in [-0.05, 0) is 24.3 Å². The molecule has 0 aliphatic carbocycles. The van der Waals surface area contributed by atoms with E-state index in [-0.39, 0.29) is 18.4 Å². The Hall–Kier alpha value is -2.87. The van der Waals surface area contributed by atoms with E-state index < -0.39 is 0 Å². The Labute approximate surface area is 145 Å². The normalized spacial score (nSPS) is 13.6. The summed E-state index contributed by atoms with van der Waals surface area (Å²) in [6, 6.07) is 7.08. The molecule has 0 saturated heterocycles. The van der Waals surface area contributed by atoms with Crippen LogP contribution >= 0.6 is 0 Å². The molecule has 0 fully saturated rings. The number of benzene rings is 1. The summed E-state index contributed by atoms with van der Waals surface area (Å²) in [6.07, 6.45) is 1.60. The van der Waals surface area contributed by atoms with Crippen molar-refractivity contribution in [2.24, 2.45) is 7.05 Å². The molecule has 8 nitrogen and oxygen atoms in total. The second kappa shape index (κ2) is 7.35. The number of nitrogens with zero attached hydrogens (tertiary/aromatic N) is 3. The molecule has 2 amide bonds. The van der Waals surface area contributed by atoms with Gasteiger partial charge in [-0.1, -0.05) is 0 Å². The molecule has 2 aromatic rings. The highest BCUT2D eigenvalue weighted by molar-refractivity contribution is 5.93. The van der Waals surface area contributed by atoms with Crippen LogP contribution < -0.4 is 10.1 Å². The fourth-order valence-electron chi connectivity index (χ4n) is 2.72. The second-order valence-electron chi connectivity index (χ2n) is 5.72. The van der Waals surface area contributed by atoms with Crippen molar-refractivity contribution < 1.29 is 19.1 Å². The molecule has 3 rings (SSSR count). The van der Waals surface area contributed by atoms with Crippen molar-refractivity contribution in [3.63, 3.8) is 0 Å². The third-order valence-electron chi connectivity index (χ3n) is 3.93. The highest BCUT2D eigenvalue weighted by Crippen LogP contribution is 2.27. The molecule has 0 atom stereocenters. The molecule has 1 aliphatic rings. The lowest BCUT2D eigenvalue weighted by Gasteiger charge is -2.20. The maximum Gasteiger partial charge on any atom is 0.272 e. The highest BCUT2D eigenvalue weighted by atomic mass is 16.5. The number of carbonyl (C=O) groups excluding carboxylic acids is 2. The van der Waals surface area contributed by atoms with Gasteiger partial charge < -0.3 is 19.7 Å². The Balaban J connectivity index is 1.80. The summed E-state index contributed by atoms with van der Waals surface area (Å²) < 4.78 is 12.1. The Kier molecular flexibility index (Phi) is 4.99. The Morgan fingerprint density at radius 1 is 1.36 bits per heavy atom. The minimum Gasteiger partial charge on any atom is -0.491 e. The molecular weight excluding hydrogens is 324 g/mol. The number of aromatic nitrogens is 2. The first kappa shape index (κ1) is 17.0. The van der Waals surface area contributed by atoms with E-state index in [0.717, 1.165) is 5.56 Å². The summed E-state index contributed by atoms with van der Waals surface area (Å²) in [4.78, 5) is 26.1. The lowest BCUT2D eigenvalue weighted by molar-refractivity contribution is -0.119. The summed E-state index contributed by atoms with van der Waals surface area (Å²) in [7, 11) is 3.20. The highest BCUT2D eigenvalue weighted by Gasteiger charge is 2.23. The van der Waals surface area contributed by atoms with Crippen LogP contribution in [0.4, 0.5) is 5.69 Å². The van der Waals surface area contributed by atoms with Crippen LogP contribution in [0.25, 0.3) is 0 Å². The molecule has 1 N–H and O–H groups in total. The van der Waals surface area contributed by atoms with E-state index in [4.69, 9.17) is 9.47 Å².